The summed E-state index contributed by atoms with van der Waals surface area (Å²) in [5, 5.41) is 9.03. The number of halogens is 3. The fourth-order valence-electron chi connectivity index (χ4n) is 5.01. The van der Waals surface area contributed by atoms with Crippen LogP contribution >= 0.6 is 0 Å². The number of hydrogen-bond acceptors (Lipinski definition) is 5. The lowest BCUT2D eigenvalue weighted by Crippen LogP contribution is -2.61. The Morgan fingerprint density at radius 2 is 1.82 bits per heavy atom. The van der Waals surface area contributed by atoms with Crippen molar-refractivity contribution in [2.45, 2.75) is 57.0 Å². The zero-order valence-corrected chi connectivity index (χ0v) is 19.7. The molecule has 8 heteroatoms. The Morgan fingerprint density at radius 1 is 1.09 bits per heavy atom. The van der Waals surface area contributed by atoms with Crippen LogP contribution in [0.15, 0.2) is 48.5 Å². The quantitative estimate of drug-likeness (QED) is 0.432. The third-order valence-electron chi connectivity index (χ3n) is 6.65. The molecular formula is C26H35F3N2O3. The highest BCUT2D eigenvalue weighted by Gasteiger charge is 2.44. The number of ether oxygens (including phenoxy) is 2. The molecule has 1 aliphatic heterocycles. The SMILES string of the molecule is COc1ccc(OC(F)(F)F)cc1CC1CCCN(CCCCCCO)C1(N)c1ccccc1. The first-order valence-electron chi connectivity index (χ1n) is 11.9. The van der Waals surface area contributed by atoms with E-state index in [9.17, 15) is 13.2 Å². The van der Waals surface area contributed by atoms with Crippen LogP contribution in [0, 0.1) is 5.92 Å². The minimum atomic E-state index is -4.76. The molecule has 3 rings (SSSR count). The number of piperidine rings is 1. The summed E-state index contributed by atoms with van der Waals surface area (Å²) in [7, 11) is 1.51. The van der Waals surface area contributed by atoms with Crippen LogP contribution in [0.2, 0.25) is 0 Å². The Bertz CT molecular complexity index is 895. The zero-order chi connectivity index (χ0) is 24.6. The topological polar surface area (TPSA) is 68.0 Å². The first-order chi connectivity index (χ1) is 16.3. The second kappa shape index (κ2) is 11.9. The molecule has 0 aromatic heterocycles. The van der Waals surface area contributed by atoms with Crippen molar-refractivity contribution >= 4 is 0 Å². The van der Waals surface area contributed by atoms with Gasteiger partial charge in [-0.15, -0.1) is 13.2 Å². The first kappa shape index (κ1) is 26.3. The standard InChI is InChI=1S/C26H35F3N2O3/c1-33-24-14-13-23(34-26(27,28)29)19-20(24)18-22-12-9-16-31(15-7-2-3-8-17-32)25(22,30)21-10-5-4-6-11-21/h4-6,10-11,13-14,19,22,32H,2-3,7-9,12,15-18,30H2,1H3. The number of aliphatic hydroxyl groups excluding tert-OH is 1. The molecule has 2 atom stereocenters. The normalized spacial score (nSPS) is 21.4. The van der Waals surface area contributed by atoms with Crippen LogP contribution in [0.1, 0.15) is 49.7 Å². The number of benzene rings is 2. The van der Waals surface area contributed by atoms with Gasteiger partial charge in [0.1, 0.15) is 11.5 Å². The molecule has 0 bridgehead atoms. The smallest absolute Gasteiger partial charge is 0.496 e. The summed E-state index contributed by atoms with van der Waals surface area (Å²) >= 11 is 0. The van der Waals surface area contributed by atoms with Crippen LogP contribution in [0.5, 0.6) is 11.5 Å². The van der Waals surface area contributed by atoms with E-state index in [1.807, 2.05) is 30.3 Å². The molecule has 2 aromatic rings. The van der Waals surface area contributed by atoms with E-state index in [1.165, 1.54) is 25.3 Å². The average molecular weight is 481 g/mol. The molecule has 1 fully saturated rings. The van der Waals surface area contributed by atoms with Crippen molar-refractivity contribution in [3.63, 3.8) is 0 Å². The number of hydrogen-bond donors (Lipinski definition) is 2. The summed E-state index contributed by atoms with van der Waals surface area (Å²) in [5.74, 6) is 0.226. The van der Waals surface area contributed by atoms with Gasteiger partial charge in [0.25, 0.3) is 0 Å². The number of aliphatic hydroxyl groups is 1. The van der Waals surface area contributed by atoms with E-state index in [2.05, 4.69) is 9.64 Å². The van der Waals surface area contributed by atoms with Gasteiger partial charge in [-0.2, -0.15) is 0 Å². The van der Waals surface area contributed by atoms with Crippen molar-refractivity contribution in [1.82, 2.24) is 4.90 Å². The molecule has 1 heterocycles. The summed E-state index contributed by atoms with van der Waals surface area (Å²) in [6.45, 7) is 1.88. The molecule has 1 saturated heterocycles. The average Bonchev–Trinajstić information content (AvgIpc) is 2.81. The van der Waals surface area contributed by atoms with E-state index in [0.29, 0.717) is 17.7 Å². The third-order valence-corrected chi connectivity index (χ3v) is 6.65. The van der Waals surface area contributed by atoms with Gasteiger partial charge < -0.3 is 20.3 Å². The molecular weight excluding hydrogens is 445 g/mol. The van der Waals surface area contributed by atoms with Gasteiger partial charge >= 0.3 is 6.36 Å². The minimum absolute atomic E-state index is 0.0314. The van der Waals surface area contributed by atoms with Crippen molar-refractivity contribution in [2.24, 2.45) is 11.7 Å². The van der Waals surface area contributed by atoms with Gasteiger partial charge in [-0.1, -0.05) is 43.2 Å². The molecule has 5 nitrogen and oxygen atoms in total. The molecule has 0 radical (unpaired) electrons. The maximum atomic E-state index is 12.8. The lowest BCUT2D eigenvalue weighted by Gasteiger charge is -2.50. The van der Waals surface area contributed by atoms with E-state index in [4.69, 9.17) is 15.6 Å². The summed E-state index contributed by atoms with van der Waals surface area (Å²) < 4.78 is 48.1. The molecule has 2 unspecified atom stereocenters. The van der Waals surface area contributed by atoms with Gasteiger partial charge in [-0.05, 0) is 67.3 Å². The molecule has 0 spiro atoms. The summed E-state index contributed by atoms with van der Waals surface area (Å²) in [5.41, 5.74) is 8.10. The molecule has 3 N–H and O–H groups in total. The molecule has 34 heavy (non-hydrogen) atoms. The predicted molar refractivity (Wildman–Crippen MR) is 126 cm³/mol. The van der Waals surface area contributed by atoms with Crippen molar-refractivity contribution in [3.8, 4) is 11.5 Å². The van der Waals surface area contributed by atoms with Gasteiger partial charge in [0.05, 0.1) is 12.8 Å². The van der Waals surface area contributed by atoms with Crippen LogP contribution in [-0.4, -0.2) is 43.2 Å². The molecule has 188 valence electrons. The second-order valence-electron chi connectivity index (χ2n) is 8.88. The second-order valence-corrected chi connectivity index (χ2v) is 8.88. The summed E-state index contributed by atoms with van der Waals surface area (Å²) in [6, 6.07) is 14.1. The maximum absolute atomic E-state index is 12.8. The number of nitrogens with zero attached hydrogens (tertiary/aromatic N) is 1. The van der Waals surface area contributed by atoms with Crippen LogP contribution in [0.4, 0.5) is 13.2 Å². The predicted octanol–water partition coefficient (Wildman–Crippen LogP) is 5.21. The minimum Gasteiger partial charge on any atom is -0.496 e. The molecule has 0 amide bonds. The molecule has 0 saturated carbocycles. The van der Waals surface area contributed by atoms with E-state index in [0.717, 1.165) is 57.2 Å². The van der Waals surface area contributed by atoms with Gasteiger partial charge in [0.15, 0.2) is 0 Å². The van der Waals surface area contributed by atoms with Crippen molar-refractivity contribution in [1.29, 1.82) is 0 Å². The fraction of sp³-hybridized carbons (Fsp3) is 0.538. The van der Waals surface area contributed by atoms with Crippen molar-refractivity contribution in [3.05, 3.63) is 59.7 Å². The van der Waals surface area contributed by atoms with Gasteiger partial charge in [0.2, 0.25) is 0 Å². The number of nitrogens with two attached hydrogens (primary N) is 1. The molecule has 2 aromatic carbocycles. The highest BCUT2D eigenvalue weighted by Crippen LogP contribution is 2.42. The first-order valence-corrected chi connectivity index (χ1v) is 11.9. The number of rotatable bonds is 11. The lowest BCUT2D eigenvalue weighted by atomic mass is 9.75. The summed E-state index contributed by atoms with van der Waals surface area (Å²) in [4.78, 5) is 2.32. The van der Waals surface area contributed by atoms with Gasteiger partial charge in [-0.3, -0.25) is 4.90 Å². The third kappa shape index (κ3) is 6.64. The molecule has 1 aliphatic rings. The Labute approximate surface area is 199 Å². The Balaban J connectivity index is 1.89. The number of methoxy groups -OCH3 is 1. The monoisotopic (exact) mass is 480 g/mol. The van der Waals surface area contributed by atoms with E-state index in [-0.39, 0.29) is 18.3 Å². The summed E-state index contributed by atoms with van der Waals surface area (Å²) in [6.07, 6.45) is 1.25. The highest BCUT2D eigenvalue weighted by atomic mass is 19.4. The Hall–Kier alpha value is -2.29. The zero-order valence-electron chi connectivity index (χ0n) is 19.7. The van der Waals surface area contributed by atoms with Crippen LogP contribution in [-0.2, 0) is 12.1 Å². The van der Waals surface area contributed by atoms with Gasteiger partial charge in [-0.25, -0.2) is 0 Å². The van der Waals surface area contributed by atoms with Crippen molar-refractivity contribution in [2.75, 3.05) is 26.8 Å². The number of alkyl halides is 3. The maximum Gasteiger partial charge on any atom is 0.573 e. The Morgan fingerprint density at radius 3 is 2.50 bits per heavy atom. The largest absolute Gasteiger partial charge is 0.573 e. The number of likely N-dealkylation sites (tertiary alicyclic amines) is 1. The van der Waals surface area contributed by atoms with Crippen LogP contribution < -0.4 is 15.2 Å². The highest BCUT2D eigenvalue weighted by molar-refractivity contribution is 5.41. The Kier molecular flexibility index (Phi) is 9.22. The van der Waals surface area contributed by atoms with E-state index >= 15 is 0 Å². The lowest BCUT2D eigenvalue weighted by molar-refractivity contribution is -0.274. The van der Waals surface area contributed by atoms with Gasteiger partial charge in [0, 0.05) is 19.7 Å². The van der Waals surface area contributed by atoms with Crippen LogP contribution in [0.25, 0.3) is 0 Å². The number of unbranched alkanes of at least 4 members (excludes halogenated alkanes) is 3. The van der Waals surface area contributed by atoms with Crippen LogP contribution in [0.3, 0.4) is 0 Å². The van der Waals surface area contributed by atoms with E-state index in [1.54, 1.807) is 0 Å². The fourth-order valence-corrected chi connectivity index (χ4v) is 5.01. The van der Waals surface area contributed by atoms with E-state index < -0.39 is 12.0 Å². The molecule has 0 aliphatic carbocycles. The van der Waals surface area contributed by atoms with Crippen molar-refractivity contribution < 1.29 is 27.8 Å².